The Balaban J connectivity index is 2.19. The number of hydrogen-bond donors (Lipinski definition) is 1. The molecule has 19 heavy (non-hydrogen) atoms. The van der Waals surface area contributed by atoms with E-state index in [0.29, 0.717) is 12.5 Å². The summed E-state index contributed by atoms with van der Waals surface area (Å²) in [5.74, 6) is 1.26. The number of rotatable bonds is 5. The van der Waals surface area contributed by atoms with Crippen LogP contribution in [0.25, 0.3) is 0 Å². The van der Waals surface area contributed by atoms with Crippen LogP contribution in [-0.4, -0.2) is 35.4 Å². The summed E-state index contributed by atoms with van der Waals surface area (Å²) in [6.07, 6.45) is 1.06. The van der Waals surface area contributed by atoms with Gasteiger partial charge in [-0.2, -0.15) is 0 Å². The van der Waals surface area contributed by atoms with Gasteiger partial charge in [-0.25, -0.2) is 4.98 Å². The van der Waals surface area contributed by atoms with E-state index in [1.165, 1.54) is 0 Å². The first-order valence-corrected chi connectivity index (χ1v) is 6.98. The van der Waals surface area contributed by atoms with Crippen molar-refractivity contribution >= 4 is 0 Å². The molecule has 2 atom stereocenters. The lowest BCUT2D eigenvalue weighted by Gasteiger charge is -2.24. The molecule has 1 fully saturated rings. The topological polar surface area (TPSA) is 56.2 Å². The van der Waals surface area contributed by atoms with E-state index in [0.717, 1.165) is 37.7 Å². The Hall–Kier alpha value is -1.20. The van der Waals surface area contributed by atoms with Gasteiger partial charge in [0, 0.05) is 36.9 Å². The lowest BCUT2D eigenvalue weighted by atomic mass is 9.99. The molecule has 0 amide bonds. The van der Waals surface area contributed by atoms with Gasteiger partial charge in [0.1, 0.15) is 5.82 Å². The highest BCUT2D eigenvalue weighted by molar-refractivity contribution is 5.02. The number of ether oxygens (including phenoxy) is 1. The van der Waals surface area contributed by atoms with Crippen LogP contribution in [0.3, 0.4) is 0 Å². The van der Waals surface area contributed by atoms with Crippen LogP contribution in [-0.2, 0) is 11.3 Å². The second-order valence-corrected chi connectivity index (χ2v) is 5.18. The molecule has 5 heteroatoms. The van der Waals surface area contributed by atoms with E-state index in [1.807, 2.05) is 13.8 Å². The fourth-order valence-electron chi connectivity index (χ4n) is 2.70. The number of aromatic nitrogens is 2. The summed E-state index contributed by atoms with van der Waals surface area (Å²) in [5, 5.41) is 3.47. The average molecular weight is 265 g/mol. The standard InChI is InChI=1S/C14H23N3O2/c1-4-15-13(12-5-6-19-9-12)8-17-11(3)16-10(2)7-14(17)18/h7,12-13,15H,4-6,8-9H2,1-3H3. The third-order valence-corrected chi connectivity index (χ3v) is 3.71. The van der Waals surface area contributed by atoms with Crippen LogP contribution < -0.4 is 10.9 Å². The first kappa shape index (κ1) is 14.2. The Morgan fingerprint density at radius 1 is 1.58 bits per heavy atom. The van der Waals surface area contributed by atoms with Crippen molar-refractivity contribution in [3.8, 4) is 0 Å². The third kappa shape index (κ3) is 3.42. The molecule has 0 aliphatic carbocycles. The SMILES string of the molecule is CCNC(Cn1c(C)nc(C)cc1=O)C1CCOC1. The largest absolute Gasteiger partial charge is 0.381 e. The highest BCUT2D eigenvalue weighted by atomic mass is 16.5. The summed E-state index contributed by atoms with van der Waals surface area (Å²) < 4.78 is 7.22. The molecular formula is C14H23N3O2. The Kier molecular flexibility index (Phi) is 4.71. The molecule has 1 N–H and O–H groups in total. The van der Waals surface area contributed by atoms with Gasteiger partial charge in [-0.05, 0) is 26.8 Å². The first-order valence-electron chi connectivity index (χ1n) is 6.98. The number of nitrogens with zero attached hydrogens (tertiary/aromatic N) is 2. The zero-order chi connectivity index (χ0) is 13.8. The summed E-state index contributed by atoms with van der Waals surface area (Å²) in [6, 6.07) is 1.87. The van der Waals surface area contributed by atoms with Gasteiger partial charge in [0.2, 0.25) is 0 Å². The predicted molar refractivity (Wildman–Crippen MR) is 74.4 cm³/mol. The number of likely N-dealkylation sites (N-methyl/N-ethyl adjacent to an activating group) is 1. The van der Waals surface area contributed by atoms with E-state index >= 15 is 0 Å². The van der Waals surface area contributed by atoms with Gasteiger partial charge < -0.3 is 10.1 Å². The highest BCUT2D eigenvalue weighted by Crippen LogP contribution is 2.18. The maximum absolute atomic E-state index is 12.1. The predicted octanol–water partition coefficient (Wildman–Crippen LogP) is 0.875. The average Bonchev–Trinajstić information content (AvgIpc) is 2.85. The molecule has 2 heterocycles. The molecule has 1 aliphatic rings. The van der Waals surface area contributed by atoms with Crippen LogP contribution in [0.4, 0.5) is 0 Å². The quantitative estimate of drug-likeness (QED) is 0.858. The zero-order valence-corrected chi connectivity index (χ0v) is 12.0. The maximum atomic E-state index is 12.1. The van der Waals surface area contributed by atoms with Gasteiger partial charge in [-0.1, -0.05) is 6.92 Å². The van der Waals surface area contributed by atoms with Crippen molar-refractivity contribution in [3.63, 3.8) is 0 Å². The second kappa shape index (κ2) is 6.30. The van der Waals surface area contributed by atoms with E-state index in [9.17, 15) is 4.79 Å². The minimum Gasteiger partial charge on any atom is -0.381 e. The van der Waals surface area contributed by atoms with Crippen LogP contribution in [0.1, 0.15) is 24.9 Å². The minimum absolute atomic E-state index is 0.0341. The van der Waals surface area contributed by atoms with E-state index in [-0.39, 0.29) is 11.6 Å². The molecule has 106 valence electrons. The smallest absolute Gasteiger partial charge is 0.253 e. The Morgan fingerprint density at radius 2 is 2.37 bits per heavy atom. The van der Waals surface area contributed by atoms with Gasteiger partial charge in [0.15, 0.2) is 0 Å². The second-order valence-electron chi connectivity index (χ2n) is 5.18. The van der Waals surface area contributed by atoms with E-state index in [4.69, 9.17) is 4.74 Å². The first-order chi connectivity index (χ1) is 9.11. The van der Waals surface area contributed by atoms with Gasteiger partial charge in [0.05, 0.1) is 6.61 Å². The fraction of sp³-hybridized carbons (Fsp3) is 0.714. The molecule has 2 unspecified atom stereocenters. The van der Waals surface area contributed by atoms with Gasteiger partial charge >= 0.3 is 0 Å². The van der Waals surface area contributed by atoms with Crippen LogP contribution >= 0.6 is 0 Å². The van der Waals surface area contributed by atoms with Crippen molar-refractivity contribution in [2.75, 3.05) is 19.8 Å². The molecule has 0 aromatic carbocycles. The summed E-state index contributed by atoms with van der Waals surface area (Å²) in [5.41, 5.74) is 0.815. The van der Waals surface area contributed by atoms with Crippen molar-refractivity contribution in [2.45, 2.75) is 39.8 Å². The Labute approximate surface area is 114 Å². The summed E-state index contributed by atoms with van der Waals surface area (Å²) in [4.78, 5) is 16.5. The molecule has 0 spiro atoms. The Bertz CT molecular complexity index is 478. The van der Waals surface area contributed by atoms with Crippen molar-refractivity contribution < 1.29 is 4.74 Å². The van der Waals surface area contributed by atoms with Crippen molar-refractivity contribution in [2.24, 2.45) is 5.92 Å². The number of hydrogen-bond acceptors (Lipinski definition) is 4. The molecule has 0 radical (unpaired) electrons. The number of aryl methyl sites for hydroxylation is 2. The highest BCUT2D eigenvalue weighted by Gasteiger charge is 2.26. The summed E-state index contributed by atoms with van der Waals surface area (Å²) in [7, 11) is 0. The van der Waals surface area contributed by atoms with Crippen LogP contribution in [0, 0.1) is 19.8 Å². The molecule has 5 nitrogen and oxygen atoms in total. The molecule has 2 rings (SSSR count). The van der Waals surface area contributed by atoms with Crippen molar-refractivity contribution in [3.05, 3.63) is 27.9 Å². The van der Waals surface area contributed by atoms with Gasteiger partial charge in [-0.15, -0.1) is 0 Å². The monoisotopic (exact) mass is 265 g/mol. The molecule has 1 aromatic heterocycles. The Morgan fingerprint density at radius 3 is 2.95 bits per heavy atom. The van der Waals surface area contributed by atoms with E-state index < -0.39 is 0 Å². The molecule has 1 saturated heterocycles. The summed E-state index contributed by atoms with van der Waals surface area (Å²) >= 11 is 0. The molecule has 1 aromatic rings. The normalized spacial score (nSPS) is 20.7. The molecule has 1 aliphatic heterocycles. The third-order valence-electron chi connectivity index (χ3n) is 3.71. The van der Waals surface area contributed by atoms with Crippen LogP contribution in [0.2, 0.25) is 0 Å². The number of nitrogens with one attached hydrogen (secondary N) is 1. The maximum Gasteiger partial charge on any atom is 0.253 e. The van der Waals surface area contributed by atoms with Crippen LogP contribution in [0.5, 0.6) is 0 Å². The summed E-state index contributed by atoms with van der Waals surface area (Å²) in [6.45, 7) is 9.01. The van der Waals surface area contributed by atoms with Crippen molar-refractivity contribution in [1.29, 1.82) is 0 Å². The van der Waals surface area contributed by atoms with Crippen LogP contribution in [0.15, 0.2) is 10.9 Å². The van der Waals surface area contributed by atoms with Gasteiger partial charge in [-0.3, -0.25) is 9.36 Å². The molecular weight excluding hydrogens is 242 g/mol. The fourth-order valence-corrected chi connectivity index (χ4v) is 2.70. The van der Waals surface area contributed by atoms with Gasteiger partial charge in [0.25, 0.3) is 5.56 Å². The van der Waals surface area contributed by atoms with E-state index in [2.05, 4.69) is 17.2 Å². The lowest BCUT2D eigenvalue weighted by Crippen LogP contribution is -2.43. The van der Waals surface area contributed by atoms with E-state index in [1.54, 1.807) is 10.6 Å². The zero-order valence-electron chi connectivity index (χ0n) is 12.0. The van der Waals surface area contributed by atoms with Crippen molar-refractivity contribution in [1.82, 2.24) is 14.9 Å². The molecule has 0 bridgehead atoms. The lowest BCUT2D eigenvalue weighted by molar-refractivity contribution is 0.173. The molecule has 0 saturated carbocycles. The minimum atomic E-state index is 0.0341.